The highest BCUT2D eigenvalue weighted by Crippen LogP contribution is 2.21. The molecule has 0 radical (unpaired) electrons. The van der Waals surface area contributed by atoms with E-state index in [4.69, 9.17) is 5.73 Å². The predicted molar refractivity (Wildman–Crippen MR) is 78.9 cm³/mol. The Bertz CT molecular complexity index is 535. The van der Waals surface area contributed by atoms with E-state index in [0.29, 0.717) is 19.5 Å². The van der Waals surface area contributed by atoms with Gasteiger partial charge in [-0.1, -0.05) is 18.2 Å². The average molecular weight is 261 g/mol. The van der Waals surface area contributed by atoms with Gasteiger partial charge in [0.15, 0.2) is 0 Å². The molecule has 0 saturated carbocycles. The van der Waals surface area contributed by atoms with Gasteiger partial charge < -0.3 is 15.4 Å². The van der Waals surface area contributed by atoms with E-state index in [1.54, 1.807) is 0 Å². The highest BCUT2D eigenvalue weighted by molar-refractivity contribution is 5.83. The maximum atomic E-state index is 9.79. The number of fused-ring (bicyclic) bond motifs is 1. The maximum Gasteiger partial charge on any atom is 0.0679 e. The zero-order valence-corrected chi connectivity index (χ0v) is 11.7. The molecule has 1 aromatic carbocycles. The van der Waals surface area contributed by atoms with Gasteiger partial charge >= 0.3 is 0 Å². The van der Waals surface area contributed by atoms with Crippen LogP contribution in [0.2, 0.25) is 0 Å². The summed E-state index contributed by atoms with van der Waals surface area (Å²) in [5.41, 5.74) is 7.99. The summed E-state index contributed by atoms with van der Waals surface area (Å²) in [4.78, 5) is 2.14. The molecule has 0 aliphatic carbocycles. The van der Waals surface area contributed by atoms with E-state index >= 15 is 0 Å². The first-order valence-electron chi connectivity index (χ1n) is 6.71. The summed E-state index contributed by atoms with van der Waals surface area (Å²) < 4.78 is 2.15. The van der Waals surface area contributed by atoms with Crippen LogP contribution in [-0.4, -0.2) is 40.8 Å². The number of hydrogen-bond acceptors (Lipinski definition) is 3. The summed E-state index contributed by atoms with van der Waals surface area (Å²) in [5.74, 6) is 0. The maximum absolute atomic E-state index is 9.79. The van der Waals surface area contributed by atoms with Crippen LogP contribution in [0.15, 0.2) is 30.5 Å². The van der Waals surface area contributed by atoms with Crippen LogP contribution in [0.3, 0.4) is 0 Å². The fourth-order valence-electron chi connectivity index (χ4n) is 2.55. The Morgan fingerprint density at radius 2 is 2.11 bits per heavy atom. The largest absolute Gasteiger partial charge is 0.392 e. The number of aliphatic hydroxyl groups excluding tert-OH is 1. The molecule has 0 bridgehead atoms. The van der Waals surface area contributed by atoms with Gasteiger partial charge in [-0.05, 0) is 31.6 Å². The van der Waals surface area contributed by atoms with Gasteiger partial charge in [0.2, 0.25) is 0 Å². The first-order chi connectivity index (χ1) is 9.11. The van der Waals surface area contributed by atoms with Crippen molar-refractivity contribution >= 4 is 10.9 Å². The Hall–Kier alpha value is -1.36. The molecule has 1 aromatic heterocycles. The lowest BCUT2D eigenvalue weighted by Crippen LogP contribution is -2.30. The highest BCUT2D eigenvalue weighted by Gasteiger charge is 2.11. The van der Waals surface area contributed by atoms with Crippen molar-refractivity contribution in [3.05, 3.63) is 36.0 Å². The molecule has 0 aliphatic heterocycles. The second-order valence-electron chi connectivity index (χ2n) is 5.21. The number of nitrogens with zero attached hydrogens (tertiary/aromatic N) is 2. The Balaban J connectivity index is 2.09. The minimum atomic E-state index is -0.343. The number of nitrogens with two attached hydrogens (primary N) is 1. The van der Waals surface area contributed by atoms with Crippen LogP contribution in [-0.2, 0) is 13.6 Å². The molecule has 19 heavy (non-hydrogen) atoms. The second-order valence-corrected chi connectivity index (χ2v) is 5.21. The smallest absolute Gasteiger partial charge is 0.0679 e. The van der Waals surface area contributed by atoms with Crippen LogP contribution in [0, 0.1) is 0 Å². The summed E-state index contributed by atoms with van der Waals surface area (Å²) in [6, 6.07) is 8.40. The molecule has 0 aliphatic rings. The molecule has 104 valence electrons. The monoisotopic (exact) mass is 261 g/mol. The lowest BCUT2D eigenvalue weighted by Gasteiger charge is -2.19. The van der Waals surface area contributed by atoms with Crippen LogP contribution in [0.4, 0.5) is 0 Å². The summed E-state index contributed by atoms with van der Waals surface area (Å²) in [6.07, 6.45) is 2.47. The van der Waals surface area contributed by atoms with E-state index in [2.05, 4.69) is 47.0 Å². The average Bonchev–Trinajstić information content (AvgIpc) is 2.67. The van der Waals surface area contributed by atoms with Gasteiger partial charge in [0.05, 0.1) is 6.10 Å². The lowest BCUT2D eigenvalue weighted by atomic mass is 10.1. The van der Waals surface area contributed by atoms with Crippen LogP contribution < -0.4 is 5.73 Å². The third-order valence-electron chi connectivity index (χ3n) is 3.44. The van der Waals surface area contributed by atoms with Crippen LogP contribution >= 0.6 is 0 Å². The number of rotatable bonds is 6. The van der Waals surface area contributed by atoms with Gasteiger partial charge in [-0.3, -0.25) is 4.90 Å². The fourth-order valence-corrected chi connectivity index (χ4v) is 2.55. The van der Waals surface area contributed by atoms with E-state index in [1.807, 2.05) is 7.05 Å². The van der Waals surface area contributed by atoms with E-state index in [1.165, 1.54) is 16.5 Å². The highest BCUT2D eigenvalue weighted by atomic mass is 16.3. The molecule has 0 saturated heterocycles. The zero-order chi connectivity index (χ0) is 13.8. The third-order valence-corrected chi connectivity index (χ3v) is 3.44. The summed E-state index contributed by atoms with van der Waals surface area (Å²) in [6.45, 7) is 2.02. The van der Waals surface area contributed by atoms with Crippen molar-refractivity contribution in [1.82, 2.24) is 9.47 Å². The van der Waals surface area contributed by atoms with Crippen molar-refractivity contribution in [2.24, 2.45) is 12.8 Å². The molecule has 1 heterocycles. The minimum Gasteiger partial charge on any atom is -0.392 e. The number of aromatic nitrogens is 1. The van der Waals surface area contributed by atoms with Crippen LogP contribution in [0.5, 0.6) is 0 Å². The molecular weight excluding hydrogens is 238 g/mol. The molecule has 1 unspecified atom stereocenters. The summed E-state index contributed by atoms with van der Waals surface area (Å²) in [5, 5.41) is 11.1. The predicted octanol–water partition coefficient (Wildman–Crippen LogP) is 1.32. The zero-order valence-electron chi connectivity index (χ0n) is 11.7. The quantitative estimate of drug-likeness (QED) is 0.824. The number of benzene rings is 1. The number of likely N-dealkylation sites (N-methyl/N-ethyl adjacent to an activating group) is 1. The number of aliphatic hydroxyl groups is 1. The second kappa shape index (κ2) is 6.19. The van der Waals surface area contributed by atoms with Crippen molar-refractivity contribution in [3.63, 3.8) is 0 Å². The van der Waals surface area contributed by atoms with Crippen molar-refractivity contribution in [3.8, 4) is 0 Å². The van der Waals surface area contributed by atoms with Gasteiger partial charge in [-0.2, -0.15) is 0 Å². The van der Waals surface area contributed by atoms with Crippen molar-refractivity contribution < 1.29 is 5.11 Å². The molecule has 0 amide bonds. The molecule has 2 rings (SSSR count). The summed E-state index contributed by atoms with van der Waals surface area (Å²) in [7, 11) is 4.09. The van der Waals surface area contributed by atoms with E-state index in [0.717, 1.165) is 6.54 Å². The molecule has 2 aromatic rings. The third kappa shape index (κ3) is 3.35. The van der Waals surface area contributed by atoms with E-state index < -0.39 is 0 Å². The Kier molecular flexibility index (Phi) is 4.58. The molecule has 0 fully saturated rings. The number of hydrogen-bond donors (Lipinski definition) is 2. The fraction of sp³-hybridized carbons (Fsp3) is 0.467. The molecule has 4 heteroatoms. The Morgan fingerprint density at radius 1 is 1.37 bits per heavy atom. The topological polar surface area (TPSA) is 54.4 Å². The first-order valence-corrected chi connectivity index (χ1v) is 6.71. The molecular formula is C15H23N3O. The van der Waals surface area contributed by atoms with Crippen molar-refractivity contribution in [2.45, 2.75) is 19.1 Å². The lowest BCUT2D eigenvalue weighted by molar-refractivity contribution is 0.117. The SMILES string of the molecule is CN(Cc1cn(C)c2ccccc12)CC(O)CCN. The minimum absolute atomic E-state index is 0.343. The summed E-state index contributed by atoms with van der Waals surface area (Å²) >= 11 is 0. The van der Waals surface area contributed by atoms with E-state index in [-0.39, 0.29) is 6.10 Å². The van der Waals surface area contributed by atoms with E-state index in [9.17, 15) is 5.11 Å². The number of para-hydroxylation sites is 1. The molecule has 4 nitrogen and oxygen atoms in total. The molecule has 0 spiro atoms. The Labute approximate surface area is 114 Å². The normalized spacial score (nSPS) is 13.3. The van der Waals surface area contributed by atoms with Gasteiger partial charge in [-0.15, -0.1) is 0 Å². The first kappa shape index (κ1) is 14.1. The van der Waals surface area contributed by atoms with Crippen LogP contribution in [0.1, 0.15) is 12.0 Å². The van der Waals surface area contributed by atoms with Gasteiger partial charge in [-0.25, -0.2) is 0 Å². The molecule has 3 N–H and O–H groups in total. The number of aryl methyl sites for hydroxylation is 1. The molecule has 1 atom stereocenters. The van der Waals surface area contributed by atoms with Crippen molar-refractivity contribution in [2.75, 3.05) is 20.1 Å². The van der Waals surface area contributed by atoms with Gasteiger partial charge in [0.1, 0.15) is 0 Å². The van der Waals surface area contributed by atoms with Gasteiger partial charge in [0.25, 0.3) is 0 Å². The Morgan fingerprint density at radius 3 is 2.84 bits per heavy atom. The van der Waals surface area contributed by atoms with Crippen molar-refractivity contribution in [1.29, 1.82) is 0 Å². The standard InChI is InChI=1S/C15H23N3O/c1-17(11-13(19)7-8-16)9-12-10-18(2)15-6-4-3-5-14(12)15/h3-6,10,13,19H,7-9,11,16H2,1-2H3. The van der Waals surface area contributed by atoms with Crippen LogP contribution in [0.25, 0.3) is 10.9 Å². The van der Waals surface area contributed by atoms with Gasteiger partial charge in [0, 0.05) is 37.2 Å².